The van der Waals surface area contributed by atoms with Crippen LogP contribution in [0.1, 0.15) is 15.9 Å². The van der Waals surface area contributed by atoms with Gasteiger partial charge in [0, 0.05) is 12.4 Å². The van der Waals surface area contributed by atoms with Gasteiger partial charge in [0.1, 0.15) is 6.61 Å². The van der Waals surface area contributed by atoms with Gasteiger partial charge in [-0.2, -0.15) is 0 Å². The highest BCUT2D eigenvalue weighted by molar-refractivity contribution is 5.89. The monoisotopic (exact) mass is 257 g/mol. The molecule has 0 atom stereocenters. The van der Waals surface area contributed by atoms with Crippen molar-refractivity contribution in [2.75, 3.05) is 6.79 Å². The molecule has 0 spiro atoms. The molecule has 0 fully saturated rings. The fraction of sp³-hybridized carbons (Fsp3) is 0.143. The first kappa shape index (κ1) is 11.5. The van der Waals surface area contributed by atoms with Gasteiger partial charge >= 0.3 is 5.97 Å². The third-order valence-electron chi connectivity index (χ3n) is 2.72. The summed E-state index contributed by atoms with van der Waals surface area (Å²) >= 11 is 0. The highest BCUT2D eigenvalue weighted by atomic mass is 16.7. The van der Waals surface area contributed by atoms with Crippen LogP contribution in [0.15, 0.2) is 42.7 Å². The van der Waals surface area contributed by atoms with E-state index in [0.29, 0.717) is 17.1 Å². The largest absolute Gasteiger partial charge is 0.457 e. The van der Waals surface area contributed by atoms with Gasteiger partial charge in [-0.1, -0.05) is 6.07 Å². The maximum atomic E-state index is 11.7. The van der Waals surface area contributed by atoms with E-state index in [1.54, 1.807) is 30.6 Å². The molecule has 0 saturated heterocycles. The number of carbonyl (C=O) groups is 1. The van der Waals surface area contributed by atoms with E-state index >= 15 is 0 Å². The molecule has 2 heterocycles. The van der Waals surface area contributed by atoms with Crippen molar-refractivity contribution in [3.63, 3.8) is 0 Å². The number of hydrogen-bond donors (Lipinski definition) is 0. The van der Waals surface area contributed by atoms with Crippen LogP contribution in [0.5, 0.6) is 11.5 Å². The number of rotatable bonds is 3. The van der Waals surface area contributed by atoms with Crippen LogP contribution in [0.4, 0.5) is 0 Å². The predicted molar refractivity (Wildman–Crippen MR) is 65.9 cm³/mol. The first-order valence-corrected chi connectivity index (χ1v) is 5.78. The predicted octanol–water partition coefficient (Wildman–Crippen LogP) is 2.17. The molecule has 0 N–H and O–H groups in total. The molecule has 96 valence electrons. The lowest BCUT2D eigenvalue weighted by atomic mass is 10.2. The maximum Gasteiger partial charge on any atom is 0.338 e. The second-order valence-corrected chi connectivity index (χ2v) is 4.00. The summed E-state index contributed by atoms with van der Waals surface area (Å²) in [5, 5.41) is 0. The summed E-state index contributed by atoms with van der Waals surface area (Å²) in [6.07, 6.45) is 3.11. The summed E-state index contributed by atoms with van der Waals surface area (Å²) in [4.78, 5) is 15.6. The van der Waals surface area contributed by atoms with Crippen molar-refractivity contribution in [3.05, 3.63) is 53.9 Å². The lowest BCUT2D eigenvalue weighted by Crippen LogP contribution is -2.05. The summed E-state index contributed by atoms with van der Waals surface area (Å²) in [5.74, 6) is 1.02. The van der Waals surface area contributed by atoms with Crippen molar-refractivity contribution in [1.82, 2.24) is 4.98 Å². The molecule has 3 rings (SSSR count). The number of hydrogen-bond acceptors (Lipinski definition) is 5. The van der Waals surface area contributed by atoms with E-state index in [2.05, 4.69) is 4.98 Å². The number of aromatic nitrogens is 1. The molecule has 0 amide bonds. The Bertz CT molecular complexity index is 598. The van der Waals surface area contributed by atoms with Crippen LogP contribution in [-0.4, -0.2) is 17.7 Å². The van der Waals surface area contributed by atoms with Gasteiger partial charge in [0.2, 0.25) is 6.79 Å². The molecule has 1 aliphatic rings. The summed E-state index contributed by atoms with van der Waals surface area (Å²) in [6.45, 7) is 0.424. The van der Waals surface area contributed by atoms with Crippen LogP contribution in [0.3, 0.4) is 0 Å². The molecule has 1 aliphatic heterocycles. The van der Waals surface area contributed by atoms with Crippen molar-refractivity contribution in [2.24, 2.45) is 0 Å². The van der Waals surface area contributed by atoms with Crippen molar-refractivity contribution in [1.29, 1.82) is 0 Å². The van der Waals surface area contributed by atoms with Crippen LogP contribution in [0.25, 0.3) is 0 Å². The molecule has 0 bridgehead atoms. The van der Waals surface area contributed by atoms with Gasteiger partial charge in [0.05, 0.1) is 5.56 Å². The van der Waals surface area contributed by atoms with Crippen molar-refractivity contribution in [3.8, 4) is 11.5 Å². The van der Waals surface area contributed by atoms with E-state index in [-0.39, 0.29) is 19.4 Å². The molecule has 5 nitrogen and oxygen atoms in total. The second kappa shape index (κ2) is 4.97. The van der Waals surface area contributed by atoms with Gasteiger partial charge in [-0.15, -0.1) is 0 Å². The van der Waals surface area contributed by atoms with Crippen LogP contribution in [0.2, 0.25) is 0 Å². The van der Waals surface area contributed by atoms with Crippen LogP contribution < -0.4 is 9.47 Å². The van der Waals surface area contributed by atoms with Crippen LogP contribution in [-0.2, 0) is 11.3 Å². The maximum absolute atomic E-state index is 11.7. The minimum absolute atomic E-state index is 0.192. The molecule has 0 aliphatic carbocycles. The Morgan fingerprint density at radius 1 is 1.16 bits per heavy atom. The molecule has 2 aromatic rings. The SMILES string of the molecule is O=C(OCc1ccc2c(c1)OCO2)c1ccncc1. The van der Waals surface area contributed by atoms with Crippen LogP contribution in [0, 0.1) is 0 Å². The smallest absolute Gasteiger partial charge is 0.338 e. The highest BCUT2D eigenvalue weighted by Gasteiger charge is 2.14. The Hall–Kier alpha value is -2.56. The first-order valence-electron chi connectivity index (χ1n) is 5.78. The number of pyridine rings is 1. The number of nitrogens with zero attached hydrogens (tertiary/aromatic N) is 1. The van der Waals surface area contributed by atoms with Gasteiger partial charge < -0.3 is 14.2 Å². The van der Waals surface area contributed by atoms with E-state index < -0.39 is 0 Å². The molecule has 19 heavy (non-hydrogen) atoms. The van der Waals surface area contributed by atoms with E-state index in [9.17, 15) is 4.79 Å². The molecular formula is C14H11NO4. The third-order valence-corrected chi connectivity index (χ3v) is 2.72. The second-order valence-electron chi connectivity index (χ2n) is 4.00. The molecule has 1 aromatic heterocycles. The molecule has 0 radical (unpaired) electrons. The topological polar surface area (TPSA) is 57.7 Å². The number of carbonyl (C=O) groups excluding carboxylic acids is 1. The summed E-state index contributed by atoms with van der Waals surface area (Å²) in [6, 6.07) is 8.68. The lowest BCUT2D eigenvalue weighted by Gasteiger charge is -2.05. The van der Waals surface area contributed by atoms with Crippen molar-refractivity contribution in [2.45, 2.75) is 6.61 Å². The summed E-state index contributed by atoms with van der Waals surface area (Å²) < 4.78 is 15.7. The van der Waals surface area contributed by atoms with Gasteiger partial charge in [0.15, 0.2) is 11.5 Å². The van der Waals surface area contributed by atoms with E-state index in [0.717, 1.165) is 5.56 Å². The van der Waals surface area contributed by atoms with Gasteiger partial charge in [-0.05, 0) is 29.8 Å². The van der Waals surface area contributed by atoms with Crippen molar-refractivity contribution < 1.29 is 19.0 Å². The number of benzene rings is 1. The minimum atomic E-state index is -0.375. The van der Waals surface area contributed by atoms with Gasteiger partial charge in [0.25, 0.3) is 0 Å². The molecule has 0 saturated carbocycles. The normalized spacial score (nSPS) is 12.2. The molecule has 0 unspecified atom stereocenters. The highest BCUT2D eigenvalue weighted by Crippen LogP contribution is 2.32. The first-order chi connectivity index (χ1) is 9.33. The standard InChI is InChI=1S/C14H11NO4/c16-14(11-3-5-15-6-4-11)17-8-10-1-2-12-13(7-10)19-9-18-12/h1-7H,8-9H2. The molecular weight excluding hydrogens is 246 g/mol. The van der Waals surface area contributed by atoms with E-state index in [1.165, 1.54) is 0 Å². The summed E-state index contributed by atoms with van der Waals surface area (Å²) in [5.41, 5.74) is 1.34. The Morgan fingerprint density at radius 3 is 2.79 bits per heavy atom. The van der Waals surface area contributed by atoms with E-state index in [1.807, 2.05) is 12.1 Å². The Kier molecular flexibility index (Phi) is 3.02. The number of ether oxygens (including phenoxy) is 3. The zero-order chi connectivity index (χ0) is 13.1. The lowest BCUT2D eigenvalue weighted by molar-refractivity contribution is 0.0472. The fourth-order valence-electron chi connectivity index (χ4n) is 1.75. The average Bonchev–Trinajstić information content (AvgIpc) is 2.93. The average molecular weight is 257 g/mol. The minimum Gasteiger partial charge on any atom is -0.457 e. The Balaban J connectivity index is 1.65. The number of fused-ring (bicyclic) bond motifs is 1. The van der Waals surface area contributed by atoms with Crippen LogP contribution >= 0.6 is 0 Å². The zero-order valence-corrected chi connectivity index (χ0v) is 10.0. The van der Waals surface area contributed by atoms with Gasteiger partial charge in [-0.25, -0.2) is 4.79 Å². The number of esters is 1. The molecule has 1 aromatic carbocycles. The Labute approximate surface area is 109 Å². The fourth-order valence-corrected chi connectivity index (χ4v) is 1.75. The van der Waals surface area contributed by atoms with Gasteiger partial charge in [-0.3, -0.25) is 4.98 Å². The zero-order valence-electron chi connectivity index (χ0n) is 10.0. The third kappa shape index (κ3) is 2.49. The van der Waals surface area contributed by atoms with Crippen molar-refractivity contribution >= 4 is 5.97 Å². The summed E-state index contributed by atoms with van der Waals surface area (Å²) in [7, 11) is 0. The Morgan fingerprint density at radius 2 is 1.95 bits per heavy atom. The van der Waals surface area contributed by atoms with E-state index in [4.69, 9.17) is 14.2 Å². The quantitative estimate of drug-likeness (QED) is 0.789. The molecule has 5 heteroatoms.